The number of aromatic nitrogens is 3. The van der Waals surface area contributed by atoms with Crippen molar-refractivity contribution in [1.82, 2.24) is 19.9 Å². The molecule has 0 spiro atoms. The Kier molecular flexibility index (Phi) is 10.1. The number of hydrogen-bond donors (Lipinski definition) is 4. The van der Waals surface area contributed by atoms with E-state index in [-0.39, 0.29) is 23.8 Å². The van der Waals surface area contributed by atoms with Crippen LogP contribution < -0.4 is 21.7 Å². The van der Waals surface area contributed by atoms with Crippen LogP contribution in [-0.2, 0) is 20.9 Å². The van der Waals surface area contributed by atoms with Crippen LogP contribution in [0.25, 0.3) is 5.57 Å². The van der Waals surface area contributed by atoms with Crippen molar-refractivity contribution in [1.29, 1.82) is 0 Å². The number of likely N-dealkylation sites (tertiary alicyclic amines) is 1. The van der Waals surface area contributed by atoms with Gasteiger partial charge in [-0.1, -0.05) is 32.6 Å². The molecule has 0 saturated carbocycles. The molecular formula is C29H40N8O3. The van der Waals surface area contributed by atoms with E-state index in [1.54, 1.807) is 11.1 Å². The number of nitrogens with one attached hydrogen (secondary N) is 3. The number of benzene rings is 1. The summed E-state index contributed by atoms with van der Waals surface area (Å²) in [5.74, 6) is 1.12. The van der Waals surface area contributed by atoms with E-state index in [0.29, 0.717) is 49.5 Å². The van der Waals surface area contributed by atoms with Crippen molar-refractivity contribution in [2.45, 2.75) is 64.6 Å². The van der Waals surface area contributed by atoms with Gasteiger partial charge in [-0.3, -0.25) is 9.59 Å². The van der Waals surface area contributed by atoms with Gasteiger partial charge in [0.2, 0.25) is 23.7 Å². The summed E-state index contributed by atoms with van der Waals surface area (Å²) in [7, 11) is 0. The number of nitrogens with two attached hydrogens (primary N) is 1. The zero-order valence-corrected chi connectivity index (χ0v) is 23.4. The molecular weight excluding hydrogens is 508 g/mol. The summed E-state index contributed by atoms with van der Waals surface area (Å²) in [6.45, 7) is 10.0. The molecule has 5 N–H and O–H groups in total. The second kappa shape index (κ2) is 13.9. The minimum Gasteiger partial charge on any atom is -0.404 e. The highest BCUT2D eigenvalue weighted by atomic mass is 16.5. The first-order valence-electron chi connectivity index (χ1n) is 14.0. The van der Waals surface area contributed by atoms with Gasteiger partial charge in [-0.2, -0.15) is 15.0 Å². The zero-order valence-electron chi connectivity index (χ0n) is 23.4. The van der Waals surface area contributed by atoms with Crippen LogP contribution in [-0.4, -0.2) is 63.5 Å². The van der Waals surface area contributed by atoms with Crippen LogP contribution >= 0.6 is 0 Å². The number of carbonyl (C=O) groups excluding carboxylic acids is 2. The molecule has 40 heavy (non-hydrogen) atoms. The van der Waals surface area contributed by atoms with Crippen LogP contribution in [0, 0.1) is 5.92 Å². The molecule has 2 atom stereocenters. The second-order valence-corrected chi connectivity index (χ2v) is 10.4. The molecule has 11 nitrogen and oxygen atoms in total. The van der Waals surface area contributed by atoms with E-state index in [9.17, 15) is 9.59 Å². The lowest BCUT2D eigenvalue weighted by Crippen LogP contribution is -2.49. The minimum atomic E-state index is -0.504. The lowest BCUT2D eigenvalue weighted by Gasteiger charge is -2.34. The van der Waals surface area contributed by atoms with Crippen LogP contribution in [0.4, 0.5) is 17.6 Å². The Hall–Kier alpha value is -3.99. The molecule has 2 aliphatic heterocycles. The highest BCUT2D eigenvalue weighted by Gasteiger charge is 2.31. The Morgan fingerprint density at radius 3 is 2.73 bits per heavy atom. The molecule has 1 aromatic carbocycles. The van der Waals surface area contributed by atoms with Crippen LogP contribution in [0.15, 0.2) is 43.1 Å². The number of ether oxygens (including phenoxy) is 1. The first-order valence-corrected chi connectivity index (χ1v) is 14.0. The molecule has 11 heteroatoms. The number of carbonyl (C=O) groups is 2. The quantitative estimate of drug-likeness (QED) is 0.327. The average molecular weight is 549 g/mol. The van der Waals surface area contributed by atoms with Crippen molar-refractivity contribution in [2.24, 2.45) is 11.7 Å². The molecule has 0 radical (unpaired) electrons. The summed E-state index contributed by atoms with van der Waals surface area (Å²) >= 11 is 0. The Bertz CT molecular complexity index is 1230. The maximum Gasteiger partial charge on any atom is 0.247 e. The number of hydrogen-bond acceptors (Lipinski definition) is 9. The van der Waals surface area contributed by atoms with Gasteiger partial charge in [0.05, 0.1) is 12.6 Å². The largest absolute Gasteiger partial charge is 0.404 e. The lowest BCUT2D eigenvalue weighted by molar-refractivity contribution is -0.136. The molecule has 1 unspecified atom stereocenters. The summed E-state index contributed by atoms with van der Waals surface area (Å²) < 4.78 is 5.59. The summed E-state index contributed by atoms with van der Waals surface area (Å²) in [5.41, 5.74) is 8.32. The maximum atomic E-state index is 13.1. The van der Waals surface area contributed by atoms with Gasteiger partial charge >= 0.3 is 0 Å². The molecule has 0 bridgehead atoms. The van der Waals surface area contributed by atoms with Gasteiger partial charge in [0.25, 0.3) is 0 Å². The van der Waals surface area contributed by atoms with Gasteiger partial charge in [0.15, 0.2) is 5.82 Å². The van der Waals surface area contributed by atoms with E-state index < -0.39 is 6.04 Å². The molecule has 2 fully saturated rings. The predicted octanol–water partition coefficient (Wildman–Crippen LogP) is 3.54. The van der Waals surface area contributed by atoms with Crippen molar-refractivity contribution in [3.05, 3.63) is 54.5 Å². The van der Waals surface area contributed by atoms with E-state index in [1.165, 1.54) is 6.08 Å². The number of amides is 2. The van der Waals surface area contributed by atoms with E-state index >= 15 is 0 Å². The third-order valence-electron chi connectivity index (χ3n) is 7.10. The highest BCUT2D eigenvalue weighted by molar-refractivity contribution is 5.99. The van der Waals surface area contributed by atoms with Crippen LogP contribution in [0.5, 0.6) is 0 Å². The van der Waals surface area contributed by atoms with E-state index in [4.69, 9.17) is 10.5 Å². The van der Waals surface area contributed by atoms with Gasteiger partial charge < -0.3 is 31.3 Å². The summed E-state index contributed by atoms with van der Waals surface area (Å²) in [6.07, 6.45) is 7.19. The normalized spacial score (nSPS) is 19.7. The molecule has 214 valence electrons. The molecule has 4 rings (SSSR count). The van der Waals surface area contributed by atoms with Crippen molar-refractivity contribution < 1.29 is 14.3 Å². The smallest absolute Gasteiger partial charge is 0.247 e. The fourth-order valence-corrected chi connectivity index (χ4v) is 4.96. The van der Waals surface area contributed by atoms with Crippen LogP contribution in [0.2, 0.25) is 0 Å². The van der Waals surface area contributed by atoms with Crippen molar-refractivity contribution in [3.63, 3.8) is 0 Å². The Morgan fingerprint density at radius 1 is 1.18 bits per heavy atom. The third kappa shape index (κ3) is 7.56. The number of anilines is 3. The monoisotopic (exact) mass is 548 g/mol. The number of rotatable bonds is 10. The first kappa shape index (κ1) is 29.0. The van der Waals surface area contributed by atoms with Crippen molar-refractivity contribution in [3.8, 4) is 0 Å². The molecule has 1 aromatic heterocycles. The summed E-state index contributed by atoms with van der Waals surface area (Å²) in [6, 6.07) is 7.19. The summed E-state index contributed by atoms with van der Waals surface area (Å²) in [5, 5.41) is 9.65. The topological polar surface area (TPSA) is 147 Å². The zero-order chi connectivity index (χ0) is 28.5. The molecule has 2 aliphatic rings. The molecule has 0 aliphatic carbocycles. The Morgan fingerprint density at radius 2 is 2.00 bits per heavy atom. The van der Waals surface area contributed by atoms with Crippen molar-refractivity contribution >= 4 is 35.0 Å². The van der Waals surface area contributed by atoms with Gasteiger partial charge in [-0.05, 0) is 61.8 Å². The Labute approximate surface area is 235 Å². The van der Waals surface area contributed by atoms with Gasteiger partial charge in [-0.25, -0.2) is 0 Å². The highest BCUT2D eigenvalue weighted by Crippen LogP contribution is 2.23. The average Bonchev–Trinajstić information content (AvgIpc) is 2.96. The van der Waals surface area contributed by atoms with Crippen LogP contribution in [0.1, 0.15) is 57.3 Å². The second-order valence-electron chi connectivity index (χ2n) is 10.4. The lowest BCUT2D eigenvalue weighted by atomic mass is 10.0. The number of nitrogens with zero attached hydrogens (tertiary/aromatic N) is 4. The van der Waals surface area contributed by atoms with E-state index in [2.05, 4.69) is 37.5 Å². The number of allylic oxidation sites excluding steroid dienone is 1. The van der Waals surface area contributed by atoms with Crippen LogP contribution in [0.3, 0.4) is 0 Å². The fraction of sp³-hybridized carbons (Fsp3) is 0.483. The van der Waals surface area contributed by atoms with E-state index in [0.717, 1.165) is 43.4 Å². The van der Waals surface area contributed by atoms with Crippen molar-refractivity contribution in [2.75, 3.05) is 35.7 Å². The summed E-state index contributed by atoms with van der Waals surface area (Å²) in [4.78, 5) is 40.8. The first-order chi connectivity index (χ1) is 19.4. The fourth-order valence-electron chi connectivity index (χ4n) is 4.96. The maximum absolute atomic E-state index is 13.1. The van der Waals surface area contributed by atoms with E-state index in [1.807, 2.05) is 38.1 Å². The molecule has 2 aromatic rings. The Balaban J connectivity index is 1.46. The predicted molar refractivity (Wildman–Crippen MR) is 156 cm³/mol. The number of piperidine rings is 1. The van der Waals surface area contributed by atoms with Gasteiger partial charge in [0.1, 0.15) is 6.04 Å². The minimum absolute atomic E-state index is 0.128. The third-order valence-corrected chi connectivity index (χ3v) is 7.10. The van der Waals surface area contributed by atoms with Gasteiger partial charge in [-0.15, -0.1) is 0 Å². The molecule has 2 saturated heterocycles. The van der Waals surface area contributed by atoms with Gasteiger partial charge in [0, 0.05) is 37.2 Å². The molecule has 3 heterocycles. The standard InChI is InChI=1S/C29H40N8O3/c1-4-25(38)37-13-6-5-12-24(37)27(39)32-21-10-7-9-20(15-21)17-31-28-34-26(23(16-30)19(2)3)35-29(36-28)33-22-11-8-14-40-18-22/h4,7,9-10,15-16,19,22,24H,1,5-6,8,11-14,17-18,30H2,2-3H3,(H,32,39)(H2,31,33,34,35,36)/t22-,24?/m0/s1. The SMILES string of the molecule is C=CC(=O)N1CCCCC1C(=O)Nc1cccc(CNc2nc(N[C@H]3CCCOC3)nc(C(=CN)C(C)C)n2)c1. The molecule has 2 amide bonds.